The van der Waals surface area contributed by atoms with Crippen molar-refractivity contribution in [1.29, 1.82) is 0 Å². The number of hydrogen-bond acceptors (Lipinski definition) is 4. The minimum absolute atomic E-state index is 0.0261. The topological polar surface area (TPSA) is 75.6 Å². The number of amides is 1. The second-order valence-corrected chi connectivity index (χ2v) is 3.80. The van der Waals surface area contributed by atoms with E-state index in [1.165, 1.54) is 11.3 Å². The number of carbonyl (C=O) groups is 2. The number of alkyl carbamates (subject to hydrolysis) is 1. The molecule has 1 aliphatic heterocycles. The van der Waals surface area contributed by atoms with Crippen molar-refractivity contribution in [2.24, 2.45) is 0 Å². The van der Waals surface area contributed by atoms with Gasteiger partial charge in [0.05, 0.1) is 11.4 Å². The summed E-state index contributed by atoms with van der Waals surface area (Å²) in [6.07, 6.45) is -0.694. The summed E-state index contributed by atoms with van der Waals surface area (Å²) in [4.78, 5) is 22.4. The van der Waals surface area contributed by atoms with E-state index in [0.29, 0.717) is 4.88 Å². The van der Waals surface area contributed by atoms with E-state index in [-0.39, 0.29) is 6.54 Å². The molecule has 2 rings (SSSR count). The van der Waals surface area contributed by atoms with Crippen LogP contribution >= 0.6 is 11.3 Å². The van der Waals surface area contributed by atoms with Gasteiger partial charge in [0, 0.05) is 0 Å². The Kier molecular flexibility index (Phi) is 1.92. The molecule has 1 aromatic heterocycles. The van der Waals surface area contributed by atoms with Crippen LogP contribution in [0.2, 0.25) is 0 Å². The molecule has 0 saturated carbocycles. The fourth-order valence-corrected chi connectivity index (χ4v) is 2.15. The highest BCUT2D eigenvalue weighted by molar-refractivity contribution is 7.10. The number of carbonyl (C=O) groups excluding carboxylic acids is 1. The number of thiophene rings is 1. The minimum Gasteiger partial charge on any atom is -0.478 e. The summed E-state index contributed by atoms with van der Waals surface area (Å²) in [5.41, 5.74) is -1.54. The molecule has 1 aliphatic rings. The summed E-state index contributed by atoms with van der Waals surface area (Å²) in [6.45, 7) is -0.0261. The van der Waals surface area contributed by atoms with Gasteiger partial charge in [-0.2, -0.15) is 0 Å². The Morgan fingerprint density at radius 2 is 2.50 bits per heavy atom. The fraction of sp³-hybridized carbons (Fsp3) is 0.250. The highest BCUT2D eigenvalue weighted by atomic mass is 32.1. The van der Waals surface area contributed by atoms with E-state index in [2.05, 4.69) is 5.32 Å². The summed E-state index contributed by atoms with van der Waals surface area (Å²) in [5.74, 6) is -1.15. The summed E-state index contributed by atoms with van der Waals surface area (Å²) in [5, 5.41) is 13.1. The third-order valence-corrected chi connectivity index (χ3v) is 3.03. The lowest BCUT2D eigenvalue weighted by Crippen LogP contribution is -2.38. The molecule has 14 heavy (non-hydrogen) atoms. The average Bonchev–Trinajstić information content (AvgIpc) is 2.71. The molecule has 0 aliphatic carbocycles. The molecular formula is C8H7NO4S. The Labute approximate surface area is 83.3 Å². The number of cyclic esters (lactones) is 1. The van der Waals surface area contributed by atoms with Crippen LogP contribution in [0.4, 0.5) is 4.79 Å². The van der Waals surface area contributed by atoms with Gasteiger partial charge in [0.1, 0.15) is 0 Å². The third-order valence-electron chi connectivity index (χ3n) is 2.01. The van der Waals surface area contributed by atoms with Gasteiger partial charge in [-0.05, 0) is 11.4 Å². The number of aliphatic carboxylic acids is 1. The molecule has 5 nitrogen and oxygen atoms in total. The molecule has 1 aromatic rings. The molecule has 74 valence electrons. The lowest BCUT2D eigenvalue weighted by Gasteiger charge is -2.19. The summed E-state index contributed by atoms with van der Waals surface area (Å²) in [7, 11) is 0. The molecule has 1 atom stereocenters. The van der Waals surface area contributed by atoms with Crippen LogP contribution in [0.3, 0.4) is 0 Å². The van der Waals surface area contributed by atoms with Crippen molar-refractivity contribution < 1.29 is 19.4 Å². The molecule has 2 N–H and O–H groups in total. The molecule has 0 spiro atoms. The van der Waals surface area contributed by atoms with Gasteiger partial charge in [0.25, 0.3) is 5.60 Å². The lowest BCUT2D eigenvalue weighted by molar-refractivity contribution is -0.155. The third kappa shape index (κ3) is 1.15. The quantitative estimate of drug-likeness (QED) is 0.760. The summed E-state index contributed by atoms with van der Waals surface area (Å²) in [6, 6.07) is 3.36. The van der Waals surface area contributed by atoms with Crippen molar-refractivity contribution in [2.75, 3.05) is 6.54 Å². The van der Waals surface area contributed by atoms with Crippen LogP contribution in [-0.4, -0.2) is 23.7 Å². The Morgan fingerprint density at radius 3 is 2.93 bits per heavy atom. The van der Waals surface area contributed by atoms with Gasteiger partial charge in [0.2, 0.25) is 0 Å². The molecule has 2 heterocycles. The van der Waals surface area contributed by atoms with Gasteiger partial charge in [-0.25, -0.2) is 9.59 Å². The molecular weight excluding hydrogens is 206 g/mol. The zero-order valence-corrected chi connectivity index (χ0v) is 7.84. The van der Waals surface area contributed by atoms with Gasteiger partial charge < -0.3 is 15.2 Å². The van der Waals surface area contributed by atoms with E-state index < -0.39 is 17.7 Å². The van der Waals surface area contributed by atoms with Crippen molar-refractivity contribution >= 4 is 23.4 Å². The largest absolute Gasteiger partial charge is 0.478 e. The normalized spacial score (nSPS) is 25.6. The smallest absolute Gasteiger partial charge is 0.408 e. The van der Waals surface area contributed by atoms with E-state index in [0.717, 1.165) is 0 Å². The maximum absolute atomic E-state index is 11.1. The standard InChI is InChI=1S/C8H7NO4S/c10-6(11)8(4-9-7(12)13-8)5-2-1-3-14-5/h1-3H,4H2,(H,9,12)(H,10,11). The zero-order valence-electron chi connectivity index (χ0n) is 7.02. The van der Waals surface area contributed by atoms with Crippen LogP contribution in [0.15, 0.2) is 17.5 Å². The molecule has 1 unspecified atom stereocenters. The summed E-state index contributed by atoms with van der Waals surface area (Å²) >= 11 is 1.25. The van der Waals surface area contributed by atoms with Crippen LogP contribution in [0.5, 0.6) is 0 Å². The molecule has 1 amide bonds. The Hall–Kier alpha value is -1.56. The van der Waals surface area contributed by atoms with Crippen molar-refractivity contribution in [3.05, 3.63) is 22.4 Å². The number of nitrogens with one attached hydrogen (secondary N) is 1. The number of hydrogen-bond donors (Lipinski definition) is 2. The average molecular weight is 213 g/mol. The van der Waals surface area contributed by atoms with Gasteiger partial charge >= 0.3 is 12.1 Å². The predicted octanol–water partition coefficient (Wildman–Crippen LogP) is 0.768. The highest BCUT2D eigenvalue weighted by Gasteiger charge is 2.50. The first kappa shape index (κ1) is 9.01. The number of carboxylic acid groups (broad SMARTS) is 1. The van der Waals surface area contributed by atoms with E-state index in [1.807, 2.05) is 0 Å². The van der Waals surface area contributed by atoms with Crippen LogP contribution in [0.25, 0.3) is 0 Å². The predicted molar refractivity (Wildman–Crippen MR) is 48.1 cm³/mol. The van der Waals surface area contributed by atoms with Gasteiger partial charge in [-0.15, -0.1) is 11.3 Å². The maximum Gasteiger partial charge on any atom is 0.408 e. The first-order chi connectivity index (χ1) is 6.65. The van der Waals surface area contributed by atoms with Crippen LogP contribution in [-0.2, 0) is 15.1 Å². The molecule has 0 bridgehead atoms. The molecule has 0 radical (unpaired) electrons. The van der Waals surface area contributed by atoms with Crippen molar-refractivity contribution in [3.8, 4) is 0 Å². The van der Waals surface area contributed by atoms with Crippen molar-refractivity contribution in [1.82, 2.24) is 5.32 Å². The first-order valence-electron chi connectivity index (χ1n) is 3.89. The fourth-order valence-electron chi connectivity index (χ4n) is 1.30. The van der Waals surface area contributed by atoms with E-state index in [4.69, 9.17) is 9.84 Å². The molecule has 1 fully saturated rings. The second-order valence-electron chi connectivity index (χ2n) is 2.85. The molecule has 0 aromatic carbocycles. The van der Waals surface area contributed by atoms with Crippen LogP contribution < -0.4 is 5.32 Å². The number of carboxylic acids is 1. The Morgan fingerprint density at radius 1 is 1.71 bits per heavy atom. The maximum atomic E-state index is 11.1. The summed E-state index contributed by atoms with van der Waals surface area (Å²) < 4.78 is 4.82. The van der Waals surface area contributed by atoms with Crippen LogP contribution in [0.1, 0.15) is 4.88 Å². The highest BCUT2D eigenvalue weighted by Crippen LogP contribution is 2.32. The first-order valence-corrected chi connectivity index (χ1v) is 4.77. The Bertz CT molecular complexity index is 375. The Balaban J connectivity index is 2.42. The van der Waals surface area contributed by atoms with E-state index in [1.54, 1.807) is 17.5 Å². The monoisotopic (exact) mass is 213 g/mol. The van der Waals surface area contributed by atoms with Crippen LogP contribution in [0, 0.1) is 0 Å². The molecule has 6 heteroatoms. The second kappa shape index (κ2) is 2.98. The number of rotatable bonds is 2. The van der Waals surface area contributed by atoms with Crippen molar-refractivity contribution in [2.45, 2.75) is 5.60 Å². The van der Waals surface area contributed by atoms with E-state index in [9.17, 15) is 9.59 Å². The zero-order chi connectivity index (χ0) is 10.2. The van der Waals surface area contributed by atoms with E-state index >= 15 is 0 Å². The van der Waals surface area contributed by atoms with Gasteiger partial charge in [-0.1, -0.05) is 6.07 Å². The van der Waals surface area contributed by atoms with Crippen molar-refractivity contribution in [3.63, 3.8) is 0 Å². The minimum atomic E-state index is -1.54. The van der Waals surface area contributed by atoms with Gasteiger partial charge in [0.15, 0.2) is 0 Å². The molecule has 1 saturated heterocycles. The number of ether oxygens (including phenoxy) is 1. The SMILES string of the molecule is O=C1NCC(C(=O)O)(c2cccs2)O1. The van der Waals surface area contributed by atoms with Gasteiger partial charge in [-0.3, -0.25) is 0 Å². The lowest BCUT2D eigenvalue weighted by atomic mass is 10.0.